The molecule has 0 spiro atoms. The van der Waals surface area contributed by atoms with Crippen molar-refractivity contribution in [3.05, 3.63) is 22.2 Å². The fourth-order valence-electron chi connectivity index (χ4n) is 1.51. The summed E-state index contributed by atoms with van der Waals surface area (Å²) in [5, 5.41) is 13.4. The number of ether oxygens (including phenoxy) is 2. The Balaban J connectivity index is 2.33. The number of rotatable bonds is 4. The minimum atomic E-state index is -0.594. The van der Waals surface area contributed by atoms with E-state index in [2.05, 4.69) is 5.32 Å². The molecule has 19 heavy (non-hydrogen) atoms. The van der Waals surface area contributed by atoms with Crippen LogP contribution in [0.1, 0.15) is 6.92 Å². The van der Waals surface area contributed by atoms with Gasteiger partial charge < -0.3 is 14.8 Å². The number of anilines is 1. The molecule has 0 fully saturated rings. The monoisotopic (exact) mass is 286 g/mol. The van der Waals surface area contributed by atoms with Crippen LogP contribution in [0.25, 0.3) is 0 Å². The highest BCUT2D eigenvalue weighted by Crippen LogP contribution is 2.40. The maximum atomic E-state index is 11.7. The molecule has 1 unspecified atom stereocenters. The van der Waals surface area contributed by atoms with E-state index in [1.807, 2.05) is 0 Å². The summed E-state index contributed by atoms with van der Waals surface area (Å²) in [7, 11) is 0. The maximum absolute atomic E-state index is 11.7. The van der Waals surface area contributed by atoms with Gasteiger partial charge in [0.15, 0.2) is 11.5 Å². The largest absolute Gasteiger partial charge is 0.454 e. The molecule has 1 N–H and O–H groups in total. The molecule has 0 bridgehead atoms. The van der Waals surface area contributed by atoms with Gasteiger partial charge in [0.05, 0.1) is 11.0 Å². The highest BCUT2D eigenvalue weighted by molar-refractivity contribution is 6.19. The standard InChI is InChI=1S/C11H11ClN2O5/c1-6(4-12)11(15)13-7-2-9-10(19-5-18-9)3-8(7)14(16)17/h2-3,6H,4-5H2,1H3,(H,13,15). The summed E-state index contributed by atoms with van der Waals surface area (Å²) in [5.41, 5.74) is -0.185. The average Bonchev–Trinajstić information content (AvgIpc) is 2.83. The minimum absolute atomic E-state index is 0.00195. The van der Waals surface area contributed by atoms with E-state index in [-0.39, 0.29) is 29.8 Å². The third kappa shape index (κ3) is 2.70. The van der Waals surface area contributed by atoms with Crippen LogP contribution in [0.5, 0.6) is 11.5 Å². The van der Waals surface area contributed by atoms with Crippen molar-refractivity contribution >= 4 is 28.9 Å². The molecule has 0 radical (unpaired) electrons. The van der Waals surface area contributed by atoms with Crippen LogP contribution >= 0.6 is 11.6 Å². The summed E-state index contributed by atoms with van der Waals surface area (Å²) >= 11 is 5.57. The number of nitro groups is 1. The summed E-state index contributed by atoms with van der Waals surface area (Å²) in [6.45, 7) is 1.63. The Kier molecular flexibility index (Phi) is 3.75. The van der Waals surface area contributed by atoms with E-state index >= 15 is 0 Å². The molecule has 2 rings (SSSR count). The fourth-order valence-corrected chi connectivity index (χ4v) is 1.65. The van der Waals surface area contributed by atoms with E-state index < -0.39 is 16.7 Å². The second-order valence-corrected chi connectivity index (χ2v) is 4.33. The molecule has 1 heterocycles. The number of hydrogen-bond donors (Lipinski definition) is 1. The molecule has 1 amide bonds. The summed E-state index contributed by atoms with van der Waals surface area (Å²) in [6, 6.07) is 2.60. The second-order valence-electron chi connectivity index (χ2n) is 4.02. The van der Waals surface area contributed by atoms with Crippen LogP contribution in [0.4, 0.5) is 11.4 Å². The summed E-state index contributed by atoms with van der Waals surface area (Å²) in [6.07, 6.45) is 0. The molecule has 0 saturated heterocycles. The first-order valence-electron chi connectivity index (χ1n) is 5.47. The van der Waals surface area contributed by atoms with Gasteiger partial charge >= 0.3 is 0 Å². The average molecular weight is 287 g/mol. The smallest absolute Gasteiger partial charge is 0.296 e. The first-order valence-corrected chi connectivity index (χ1v) is 6.01. The lowest BCUT2D eigenvalue weighted by atomic mass is 10.2. The number of carbonyl (C=O) groups excluding carboxylic acids is 1. The summed E-state index contributed by atoms with van der Waals surface area (Å²) in [5.74, 6) is -0.0670. The van der Waals surface area contributed by atoms with Gasteiger partial charge in [0.1, 0.15) is 5.69 Å². The number of halogens is 1. The van der Waals surface area contributed by atoms with Gasteiger partial charge in [-0.25, -0.2) is 0 Å². The maximum Gasteiger partial charge on any atom is 0.296 e. The van der Waals surface area contributed by atoms with E-state index in [0.717, 1.165) is 0 Å². The fraction of sp³-hybridized carbons (Fsp3) is 0.364. The van der Waals surface area contributed by atoms with Crippen molar-refractivity contribution in [1.82, 2.24) is 0 Å². The quantitative estimate of drug-likeness (QED) is 0.520. The van der Waals surface area contributed by atoms with Gasteiger partial charge in [0.2, 0.25) is 12.7 Å². The molecular formula is C11H11ClN2O5. The predicted octanol–water partition coefficient (Wildman–Crippen LogP) is 2.14. The Bertz CT molecular complexity index is 534. The van der Waals surface area contributed by atoms with Crippen LogP contribution in [0, 0.1) is 16.0 Å². The Morgan fingerprint density at radius 2 is 2.16 bits per heavy atom. The number of benzene rings is 1. The highest BCUT2D eigenvalue weighted by Gasteiger charge is 2.25. The summed E-state index contributed by atoms with van der Waals surface area (Å²) in [4.78, 5) is 22.1. The van der Waals surface area contributed by atoms with E-state index in [9.17, 15) is 14.9 Å². The van der Waals surface area contributed by atoms with Crippen molar-refractivity contribution in [3.63, 3.8) is 0 Å². The lowest BCUT2D eigenvalue weighted by molar-refractivity contribution is -0.384. The highest BCUT2D eigenvalue weighted by atomic mass is 35.5. The predicted molar refractivity (Wildman–Crippen MR) is 67.7 cm³/mol. The Labute approximate surface area is 113 Å². The van der Waals surface area contributed by atoms with Gasteiger partial charge in [-0.05, 0) is 0 Å². The Hall–Kier alpha value is -2.02. The molecule has 102 valence electrons. The number of hydrogen-bond acceptors (Lipinski definition) is 5. The van der Waals surface area contributed by atoms with Gasteiger partial charge in [-0.3, -0.25) is 14.9 Å². The topological polar surface area (TPSA) is 90.7 Å². The van der Waals surface area contributed by atoms with Crippen molar-refractivity contribution in [2.45, 2.75) is 6.92 Å². The zero-order chi connectivity index (χ0) is 14.0. The van der Waals surface area contributed by atoms with Gasteiger partial charge in [-0.2, -0.15) is 0 Å². The first kappa shape index (κ1) is 13.4. The molecule has 8 heteroatoms. The number of nitrogens with one attached hydrogen (secondary N) is 1. The third-order valence-electron chi connectivity index (χ3n) is 2.62. The molecule has 1 aliphatic rings. The molecule has 1 aromatic rings. The Morgan fingerprint density at radius 3 is 2.74 bits per heavy atom. The van der Waals surface area contributed by atoms with Crippen LogP contribution < -0.4 is 14.8 Å². The molecule has 0 aromatic heterocycles. The zero-order valence-corrected chi connectivity index (χ0v) is 10.8. The van der Waals surface area contributed by atoms with E-state index in [1.165, 1.54) is 12.1 Å². The SMILES string of the molecule is CC(CCl)C(=O)Nc1cc2c(cc1[N+](=O)[O-])OCO2. The van der Waals surface area contributed by atoms with Crippen LogP contribution in [0.3, 0.4) is 0 Å². The van der Waals surface area contributed by atoms with E-state index in [0.29, 0.717) is 5.75 Å². The van der Waals surface area contributed by atoms with Gasteiger partial charge in [0, 0.05) is 17.9 Å². The second kappa shape index (κ2) is 5.31. The molecule has 0 aliphatic carbocycles. The molecule has 0 saturated carbocycles. The third-order valence-corrected chi connectivity index (χ3v) is 3.09. The van der Waals surface area contributed by atoms with Gasteiger partial charge in [-0.1, -0.05) is 6.92 Å². The number of amides is 1. The van der Waals surface area contributed by atoms with Crippen molar-refractivity contribution < 1.29 is 19.2 Å². The molecule has 1 aromatic carbocycles. The van der Waals surface area contributed by atoms with Crippen molar-refractivity contribution in [3.8, 4) is 11.5 Å². The van der Waals surface area contributed by atoms with Crippen molar-refractivity contribution in [1.29, 1.82) is 0 Å². The van der Waals surface area contributed by atoms with Crippen LogP contribution in [0.2, 0.25) is 0 Å². The minimum Gasteiger partial charge on any atom is -0.454 e. The Morgan fingerprint density at radius 1 is 1.53 bits per heavy atom. The van der Waals surface area contributed by atoms with E-state index in [4.69, 9.17) is 21.1 Å². The van der Waals surface area contributed by atoms with Gasteiger partial charge in [0.25, 0.3) is 5.69 Å². The number of carbonyl (C=O) groups is 1. The lowest BCUT2D eigenvalue weighted by Gasteiger charge is -2.10. The zero-order valence-electron chi connectivity index (χ0n) is 10.0. The lowest BCUT2D eigenvalue weighted by Crippen LogP contribution is -2.21. The molecular weight excluding hydrogens is 276 g/mol. The number of nitrogens with zero attached hydrogens (tertiary/aromatic N) is 1. The number of fused-ring (bicyclic) bond motifs is 1. The molecule has 1 atom stereocenters. The summed E-state index contributed by atoms with van der Waals surface area (Å²) < 4.78 is 10.2. The normalized spacial score (nSPS) is 14.0. The number of nitro benzene ring substituents is 1. The molecule has 1 aliphatic heterocycles. The van der Waals surface area contributed by atoms with E-state index in [1.54, 1.807) is 6.92 Å². The van der Waals surface area contributed by atoms with Crippen LogP contribution in [-0.2, 0) is 4.79 Å². The van der Waals surface area contributed by atoms with Crippen LogP contribution in [-0.4, -0.2) is 23.5 Å². The van der Waals surface area contributed by atoms with Gasteiger partial charge in [-0.15, -0.1) is 11.6 Å². The molecule has 7 nitrogen and oxygen atoms in total. The number of alkyl halides is 1. The van der Waals surface area contributed by atoms with Crippen LogP contribution in [0.15, 0.2) is 12.1 Å². The van der Waals surface area contributed by atoms with Crippen molar-refractivity contribution in [2.24, 2.45) is 5.92 Å². The van der Waals surface area contributed by atoms with Crippen molar-refractivity contribution in [2.75, 3.05) is 18.0 Å². The first-order chi connectivity index (χ1) is 9.02.